The van der Waals surface area contributed by atoms with Crippen LogP contribution < -0.4 is 0 Å². The third kappa shape index (κ3) is 4.04. The highest BCUT2D eigenvalue weighted by atomic mass is 16.7. The minimum atomic E-state index is -0.127. The van der Waals surface area contributed by atoms with Crippen LogP contribution in [0.1, 0.15) is 20.3 Å². The van der Waals surface area contributed by atoms with Crippen LogP contribution in [-0.2, 0) is 14.2 Å². The molecular weight excluding hydrogens is 156 g/mol. The lowest BCUT2D eigenvalue weighted by molar-refractivity contribution is -0.212. The first kappa shape index (κ1) is 9.96. The molecule has 1 aliphatic rings. The highest BCUT2D eigenvalue weighted by Gasteiger charge is 2.13. The summed E-state index contributed by atoms with van der Waals surface area (Å²) in [6.07, 6.45) is 0.956. The van der Waals surface area contributed by atoms with Gasteiger partial charge in [0.25, 0.3) is 0 Å². The topological polar surface area (TPSA) is 27.7 Å². The summed E-state index contributed by atoms with van der Waals surface area (Å²) in [7, 11) is 0. The van der Waals surface area contributed by atoms with Gasteiger partial charge >= 0.3 is 0 Å². The second-order valence-corrected chi connectivity index (χ2v) is 3.43. The Morgan fingerprint density at radius 3 is 2.83 bits per heavy atom. The third-order valence-electron chi connectivity index (χ3n) is 1.78. The van der Waals surface area contributed by atoms with Gasteiger partial charge in [-0.1, -0.05) is 13.8 Å². The van der Waals surface area contributed by atoms with Crippen LogP contribution >= 0.6 is 0 Å². The second-order valence-electron chi connectivity index (χ2n) is 3.43. The lowest BCUT2D eigenvalue weighted by Crippen LogP contribution is -2.31. The zero-order valence-electron chi connectivity index (χ0n) is 7.91. The Bertz CT molecular complexity index is 108. The molecule has 0 amide bonds. The molecule has 1 atom stereocenters. The molecule has 0 aromatic heterocycles. The van der Waals surface area contributed by atoms with Gasteiger partial charge < -0.3 is 14.2 Å². The quantitative estimate of drug-likeness (QED) is 0.645. The van der Waals surface area contributed by atoms with Gasteiger partial charge in [0.15, 0.2) is 6.29 Å². The molecule has 0 bridgehead atoms. The van der Waals surface area contributed by atoms with Crippen LogP contribution in [0.2, 0.25) is 0 Å². The van der Waals surface area contributed by atoms with Gasteiger partial charge in [-0.2, -0.15) is 0 Å². The van der Waals surface area contributed by atoms with Crippen molar-refractivity contribution in [1.29, 1.82) is 0 Å². The first-order valence-electron chi connectivity index (χ1n) is 4.60. The van der Waals surface area contributed by atoms with E-state index in [4.69, 9.17) is 14.2 Å². The van der Waals surface area contributed by atoms with Gasteiger partial charge in [0, 0.05) is 0 Å². The summed E-state index contributed by atoms with van der Waals surface area (Å²) >= 11 is 0. The van der Waals surface area contributed by atoms with Crippen LogP contribution in [0, 0.1) is 5.92 Å². The predicted molar refractivity (Wildman–Crippen MR) is 46.0 cm³/mol. The van der Waals surface area contributed by atoms with E-state index in [0.717, 1.165) is 13.0 Å². The van der Waals surface area contributed by atoms with Crippen molar-refractivity contribution in [2.45, 2.75) is 26.6 Å². The summed E-state index contributed by atoms with van der Waals surface area (Å²) < 4.78 is 15.9. The minimum Gasteiger partial charge on any atom is -0.374 e. The van der Waals surface area contributed by atoms with Crippen molar-refractivity contribution in [2.24, 2.45) is 5.92 Å². The van der Waals surface area contributed by atoms with Crippen molar-refractivity contribution < 1.29 is 14.2 Å². The molecule has 1 saturated heterocycles. The van der Waals surface area contributed by atoms with Gasteiger partial charge in [0.2, 0.25) is 0 Å². The zero-order chi connectivity index (χ0) is 8.81. The Balaban J connectivity index is 1.98. The molecule has 1 fully saturated rings. The molecule has 0 aromatic carbocycles. The fourth-order valence-electron chi connectivity index (χ4n) is 0.998. The monoisotopic (exact) mass is 174 g/mol. The van der Waals surface area contributed by atoms with Crippen LogP contribution in [0.4, 0.5) is 0 Å². The molecule has 1 rings (SSSR count). The molecule has 0 N–H and O–H groups in total. The number of ether oxygens (including phenoxy) is 3. The Hall–Kier alpha value is -0.120. The Labute approximate surface area is 74.0 Å². The first-order chi connectivity index (χ1) is 5.79. The summed E-state index contributed by atoms with van der Waals surface area (Å²) in [5.41, 5.74) is 0. The van der Waals surface area contributed by atoms with Crippen LogP contribution in [0.25, 0.3) is 0 Å². The molecule has 12 heavy (non-hydrogen) atoms. The van der Waals surface area contributed by atoms with Gasteiger partial charge in [0.1, 0.15) is 0 Å². The molecule has 1 heterocycles. The Kier molecular flexibility index (Phi) is 4.58. The molecule has 0 spiro atoms. The third-order valence-corrected chi connectivity index (χ3v) is 1.78. The molecule has 3 heteroatoms. The van der Waals surface area contributed by atoms with Crippen molar-refractivity contribution in [3.63, 3.8) is 0 Å². The van der Waals surface area contributed by atoms with E-state index in [9.17, 15) is 0 Å². The molecule has 72 valence electrons. The van der Waals surface area contributed by atoms with Gasteiger partial charge in [-0.05, 0) is 12.3 Å². The molecule has 0 radical (unpaired) electrons. The van der Waals surface area contributed by atoms with E-state index in [0.29, 0.717) is 25.7 Å². The number of rotatable bonds is 4. The average Bonchev–Trinajstić information content (AvgIpc) is 2.05. The van der Waals surface area contributed by atoms with E-state index < -0.39 is 0 Å². The number of hydrogen-bond acceptors (Lipinski definition) is 3. The zero-order valence-corrected chi connectivity index (χ0v) is 7.91. The van der Waals surface area contributed by atoms with E-state index in [1.807, 2.05) is 0 Å². The highest BCUT2D eigenvalue weighted by molar-refractivity contribution is 4.50. The minimum absolute atomic E-state index is 0.127. The van der Waals surface area contributed by atoms with Crippen molar-refractivity contribution >= 4 is 0 Å². The lowest BCUT2D eigenvalue weighted by atomic mass is 10.1. The van der Waals surface area contributed by atoms with E-state index in [-0.39, 0.29) is 6.29 Å². The second kappa shape index (κ2) is 5.51. The normalized spacial score (nSPS) is 24.8. The fraction of sp³-hybridized carbons (Fsp3) is 1.00. The molecule has 0 aromatic rings. The summed E-state index contributed by atoms with van der Waals surface area (Å²) in [6.45, 7) is 7.07. The fourth-order valence-corrected chi connectivity index (χ4v) is 0.998. The van der Waals surface area contributed by atoms with Crippen molar-refractivity contribution in [3.05, 3.63) is 0 Å². The van der Waals surface area contributed by atoms with Crippen molar-refractivity contribution in [3.8, 4) is 0 Å². The van der Waals surface area contributed by atoms with Crippen LogP contribution in [0.5, 0.6) is 0 Å². The predicted octanol–water partition coefficient (Wildman–Crippen LogP) is 1.42. The smallest absolute Gasteiger partial charge is 0.180 e. The van der Waals surface area contributed by atoms with Gasteiger partial charge in [0.05, 0.1) is 26.4 Å². The lowest BCUT2D eigenvalue weighted by Gasteiger charge is -2.23. The highest BCUT2D eigenvalue weighted by Crippen LogP contribution is 2.05. The summed E-state index contributed by atoms with van der Waals surface area (Å²) in [5.74, 6) is 0.689. The maximum absolute atomic E-state index is 5.45. The Morgan fingerprint density at radius 1 is 1.42 bits per heavy atom. The van der Waals surface area contributed by atoms with E-state index in [1.165, 1.54) is 0 Å². The van der Waals surface area contributed by atoms with Crippen LogP contribution in [0.3, 0.4) is 0 Å². The molecule has 3 nitrogen and oxygen atoms in total. The van der Waals surface area contributed by atoms with Crippen LogP contribution in [0.15, 0.2) is 0 Å². The van der Waals surface area contributed by atoms with Gasteiger partial charge in [-0.25, -0.2) is 0 Å². The average molecular weight is 174 g/mol. The van der Waals surface area contributed by atoms with E-state index in [1.54, 1.807) is 0 Å². The molecule has 0 saturated carbocycles. The van der Waals surface area contributed by atoms with E-state index >= 15 is 0 Å². The molecule has 0 aliphatic carbocycles. The molecule has 1 aliphatic heterocycles. The van der Waals surface area contributed by atoms with Crippen molar-refractivity contribution in [2.75, 3.05) is 26.4 Å². The largest absolute Gasteiger partial charge is 0.374 e. The van der Waals surface area contributed by atoms with Gasteiger partial charge in [-0.3, -0.25) is 0 Å². The molecular formula is C9H18O3. The number of hydrogen-bond donors (Lipinski definition) is 0. The Morgan fingerprint density at radius 2 is 2.25 bits per heavy atom. The SMILES string of the molecule is CC(C)CCOC1COCCO1. The van der Waals surface area contributed by atoms with Crippen molar-refractivity contribution in [1.82, 2.24) is 0 Å². The maximum Gasteiger partial charge on any atom is 0.180 e. The molecule has 1 unspecified atom stereocenters. The maximum atomic E-state index is 5.45. The van der Waals surface area contributed by atoms with Gasteiger partial charge in [-0.15, -0.1) is 0 Å². The standard InChI is InChI=1S/C9H18O3/c1-8(2)3-4-11-9-7-10-5-6-12-9/h8-9H,3-7H2,1-2H3. The summed E-state index contributed by atoms with van der Waals surface area (Å²) in [4.78, 5) is 0. The van der Waals surface area contributed by atoms with E-state index in [2.05, 4.69) is 13.8 Å². The van der Waals surface area contributed by atoms with Crippen LogP contribution in [-0.4, -0.2) is 32.7 Å². The summed E-state index contributed by atoms with van der Waals surface area (Å²) in [5, 5.41) is 0. The first-order valence-corrected chi connectivity index (χ1v) is 4.60. The summed E-state index contributed by atoms with van der Waals surface area (Å²) in [6, 6.07) is 0.